The van der Waals surface area contributed by atoms with Gasteiger partial charge in [0.1, 0.15) is 11.2 Å². The van der Waals surface area contributed by atoms with Gasteiger partial charge in [-0.3, -0.25) is 0 Å². The van der Waals surface area contributed by atoms with Crippen LogP contribution in [0.5, 0.6) is 0 Å². The Kier molecular flexibility index (Phi) is 7.18. The summed E-state index contributed by atoms with van der Waals surface area (Å²) in [5.41, 5.74) is 12.2. The number of rotatable bonds is 6. The van der Waals surface area contributed by atoms with E-state index in [4.69, 9.17) is 4.42 Å². The Hall–Kier alpha value is -6.90. The second kappa shape index (κ2) is 12.5. The van der Waals surface area contributed by atoms with Crippen molar-refractivity contribution in [2.75, 3.05) is 4.90 Å². The molecular weight excluding hydrogens is 631 g/mol. The topological polar surface area (TPSA) is 16.4 Å². The number of furan rings is 1. The van der Waals surface area contributed by atoms with Crippen LogP contribution in [0.25, 0.3) is 76.9 Å². The molecule has 0 spiro atoms. The van der Waals surface area contributed by atoms with E-state index in [9.17, 15) is 0 Å². The van der Waals surface area contributed by atoms with Gasteiger partial charge in [-0.05, 0) is 86.4 Å². The average molecular weight is 664 g/mol. The van der Waals surface area contributed by atoms with E-state index in [1.807, 2.05) is 12.1 Å². The molecule has 2 heteroatoms. The van der Waals surface area contributed by atoms with Crippen LogP contribution in [0.2, 0.25) is 0 Å². The number of para-hydroxylation sites is 2. The summed E-state index contributed by atoms with van der Waals surface area (Å²) in [6.07, 6.45) is 0. The molecule has 0 bridgehead atoms. The van der Waals surface area contributed by atoms with Crippen molar-refractivity contribution < 1.29 is 4.42 Å². The molecule has 10 aromatic rings. The van der Waals surface area contributed by atoms with Crippen molar-refractivity contribution in [1.29, 1.82) is 0 Å². The maximum Gasteiger partial charge on any atom is 0.135 e. The lowest BCUT2D eigenvalue weighted by atomic mass is 9.96. The molecule has 0 unspecified atom stereocenters. The summed E-state index contributed by atoms with van der Waals surface area (Å²) >= 11 is 0. The standard InChI is InChI=1S/C50H33NO/c1-3-18-41-35(12-1)14-10-22-42(41)37-28-26-34(27-29-37)38-16-9-17-40(32-38)51(48-24-11-15-36-13-2-4-19-43(36)48)47-23-7-5-20-44(47)39-30-31-50-46(33-39)45-21-6-8-25-49(45)52-50/h1-33H. The minimum absolute atomic E-state index is 0.896. The smallest absolute Gasteiger partial charge is 0.135 e. The average Bonchev–Trinajstić information content (AvgIpc) is 3.59. The van der Waals surface area contributed by atoms with Gasteiger partial charge < -0.3 is 9.32 Å². The van der Waals surface area contributed by atoms with Crippen LogP contribution in [0.1, 0.15) is 0 Å². The summed E-state index contributed by atoms with van der Waals surface area (Å²) in [7, 11) is 0. The molecule has 0 fully saturated rings. The molecule has 9 aromatic carbocycles. The highest BCUT2D eigenvalue weighted by atomic mass is 16.3. The summed E-state index contributed by atoms with van der Waals surface area (Å²) in [6, 6.07) is 71.8. The second-order valence-corrected chi connectivity index (χ2v) is 13.3. The molecule has 1 heterocycles. The Bertz CT molecular complexity index is 2910. The Morgan fingerprint density at radius 2 is 0.885 bits per heavy atom. The predicted molar refractivity (Wildman–Crippen MR) is 220 cm³/mol. The highest BCUT2D eigenvalue weighted by Crippen LogP contribution is 2.45. The molecule has 0 atom stereocenters. The number of nitrogens with zero attached hydrogens (tertiary/aromatic N) is 1. The molecule has 1 aromatic heterocycles. The highest BCUT2D eigenvalue weighted by Gasteiger charge is 2.20. The van der Waals surface area contributed by atoms with Gasteiger partial charge in [0, 0.05) is 27.4 Å². The van der Waals surface area contributed by atoms with Crippen LogP contribution in [0.4, 0.5) is 17.1 Å². The first-order chi connectivity index (χ1) is 25.8. The van der Waals surface area contributed by atoms with Gasteiger partial charge in [0.2, 0.25) is 0 Å². The quantitative estimate of drug-likeness (QED) is 0.176. The normalized spacial score (nSPS) is 11.5. The van der Waals surface area contributed by atoms with Crippen molar-refractivity contribution in [3.8, 4) is 33.4 Å². The molecule has 0 aliphatic carbocycles. The first-order valence-electron chi connectivity index (χ1n) is 17.8. The Labute approximate surface area is 302 Å². The largest absolute Gasteiger partial charge is 0.456 e. The number of hydrogen-bond acceptors (Lipinski definition) is 2. The fourth-order valence-corrected chi connectivity index (χ4v) is 7.76. The van der Waals surface area contributed by atoms with Crippen LogP contribution >= 0.6 is 0 Å². The molecule has 52 heavy (non-hydrogen) atoms. The second-order valence-electron chi connectivity index (χ2n) is 13.3. The maximum absolute atomic E-state index is 6.20. The summed E-state index contributed by atoms with van der Waals surface area (Å²) in [5, 5.41) is 7.17. The number of benzene rings is 9. The van der Waals surface area contributed by atoms with Crippen molar-refractivity contribution in [3.63, 3.8) is 0 Å². The Morgan fingerprint density at radius 1 is 0.308 bits per heavy atom. The summed E-state index contributed by atoms with van der Waals surface area (Å²) in [6.45, 7) is 0. The molecule has 244 valence electrons. The molecule has 0 radical (unpaired) electrons. The molecular formula is C50H33NO. The third kappa shape index (κ3) is 5.12. The molecule has 2 nitrogen and oxygen atoms in total. The monoisotopic (exact) mass is 663 g/mol. The fraction of sp³-hybridized carbons (Fsp3) is 0. The van der Waals surface area contributed by atoms with Crippen LogP contribution in [0.15, 0.2) is 205 Å². The zero-order chi connectivity index (χ0) is 34.4. The molecule has 0 aliphatic rings. The van der Waals surface area contributed by atoms with E-state index >= 15 is 0 Å². The number of fused-ring (bicyclic) bond motifs is 5. The van der Waals surface area contributed by atoms with Crippen LogP contribution in [-0.2, 0) is 0 Å². The van der Waals surface area contributed by atoms with Gasteiger partial charge in [-0.2, -0.15) is 0 Å². The highest BCUT2D eigenvalue weighted by molar-refractivity contribution is 6.07. The minimum atomic E-state index is 0.896. The van der Waals surface area contributed by atoms with E-state index in [-0.39, 0.29) is 0 Å². The van der Waals surface area contributed by atoms with Gasteiger partial charge in [0.15, 0.2) is 0 Å². The lowest BCUT2D eigenvalue weighted by Gasteiger charge is -2.29. The van der Waals surface area contributed by atoms with Crippen LogP contribution in [-0.4, -0.2) is 0 Å². The zero-order valence-corrected chi connectivity index (χ0v) is 28.4. The van der Waals surface area contributed by atoms with Crippen molar-refractivity contribution in [2.45, 2.75) is 0 Å². The van der Waals surface area contributed by atoms with E-state index in [0.717, 1.165) is 55.7 Å². The molecule has 0 saturated carbocycles. The van der Waals surface area contributed by atoms with Gasteiger partial charge in [-0.15, -0.1) is 0 Å². The molecule has 10 rings (SSSR count). The third-order valence-corrected chi connectivity index (χ3v) is 10.3. The van der Waals surface area contributed by atoms with E-state index in [1.165, 1.54) is 38.2 Å². The summed E-state index contributed by atoms with van der Waals surface area (Å²) < 4.78 is 6.20. The lowest BCUT2D eigenvalue weighted by Crippen LogP contribution is -2.11. The number of anilines is 3. The first-order valence-corrected chi connectivity index (χ1v) is 17.8. The van der Waals surface area contributed by atoms with E-state index in [2.05, 4.69) is 193 Å². The van der Waals surface area contributed by atoms with Crippen LogP contribution in [0.3, 0.4) is 0 Å². The maximum atomic E-state index is 6.20. The first kappa shape index (κ1) is 30.0. The van der Waals surface area contributed by atoms with Crippen molar-refractivity contribution >= 4 is 60.5 Å². The Balaban J connectivity index is 1.12. The van der Waals surface area contributed by atoms with E-state index < -0.39 is 0 Å². The van der Waals surface area contributed by atoms with Gasteiger partial charge in [-0.1, -0.05) is 158 Å². The Morgan fingerprint density at radius 3 is 1.75 bits per heavy atom. The van der Waals surface area contributed by atoms with Crippen molar-refractivity contribution in [2.24, 2.45) is 0 Å². The van der Waals surface area contributed by atoms with Crippen LogP contribution in [0, 0.1) is 0 Å². The minimum Gasteiger partial charge on any atom is -0.456 e. The van der Waals surface area contributed by atoms with Gasteiger partial charge in [-0.25, -0.2) is 0 Å². The van der Waals surface area contributed by atoms with E-state index in [0.29, 0.717) is 0 Å². The van der Waals surface area contributed by atoms with Crippen LogP contribution < -0.4 is 4.90 Å². The predicted octanol–water partition coefficient (Wildman–Crippen LogP) is 14.4. The fourth-order valence-electron chi connectivity index (χ4n) is 7.76. The van der Waals surface area contributed by atoms with Gasteiger partial charge >= 0.3 is 0 Å². The third-order valence-electron chi connectivity index (χ3n) is 10.3. The van der Waals surface area contributed by atoms with Gasteiger partial charge in [0.05, 0.1) is 11.4 Å². The molecule has 0 N–H and O–H groups in total. The zero-order valence-electron chi connectivity index (χ0n) is 28.4. The molecule has 0 aliphatic heterocycles. The summed E-state index contributed by atoms with van der Waals surface area (Å²) in [4.78, 5) is 2.42. The SMILES string of the molecule is c1cc(-c2ccc(-c3cccc4ccccc34)cc2)cc(N(c2ccccc2-c2ccc3oc4ccccc4c3c2)c2cccc3ccccc23)c1. The van der Waals surface area contributed by atoms with Gasteiger partial charge in [0.25, 0.3) is 0 Å². The summed E-state index contributed by atoms with van der Waals surface area (Å²) in [5.74, 6) is 0. The molecule has 0 amide bonds. The van der Waals surface area contributed by atoms with Crippen molar-refractivity contribution in [3.05, 3.63) is 200 Å². The number of hydrogen-bond donors (Lipinski definition) is 0. The van der Waals surface area contributed by atoms with Crippen molar-refractivity contribution in [1.82, 2.24) is 0 Å². The molecule has 0 saturated heterocycles. The van der Waals surface area contributed by atoms with E-state index in [1.54, 1.807) is 0 Å². The lowest BCUT2D eigenvalue weighted by molar-refractivity contribution is 0.669.